The summed E-state index contributed by atoms with van der Waals surface area (Å²) in [5.74, 6) is 1.36. The van der Waals surface area contributed by atoms with Crippen molar-refractivity contribution in [3.05, 3.63) is 58.9 Å². The van der Waals surface area contributed by atoms with E-state index in [0.29, 0.717) is 25.7 Å². The zero-order valence-electron chi connectivity index (χ0n) is 17.8. The molecule has 0 aromatic heterocycles. The number of nitrogens with zero attached hydrogens (tertiary/aromatic N) is 1. The summed E-state index contributed by atoms with van der Waals surface area (Å²) in [5, 5.41) is 6.56. The summed E-state index contributed by atoms with van der Waals surface area (Å²) in [6.07, 6.45) is 1.00. The van der Waals surface area contributed by atoms with E-state index in [-0.39, 0.29) is 17.7 Å². The Kier molecular flexibility index (Phi) is 7.90. The maximum Gasteiger partial charge on any atom is 0.191 e. The van der Waals surface area contributed by atoms with Gasteiger partial charge < -0.3 is 24.8 Å². The van der Waals surface area contributed by atoms with E-state index in [1.165, 1.54) is 13.2 Å². The van der Waals surface area contributed by atoms with Gasteiger partial charge in [-0.2, -0.15) is 0 Å². The first-order chi connectivity index (χ1) is 14.6. The van der Waals surface area contributed by atoms with Crippen LogP contribution in [-0.4, -0.2) is 38.9 Å². The third-order valence-electron chi connectivity index (χ3n) is 4.83. The standard InChI is InChI=1S/C23H30FN3O3/c1-4-25-23(26-13-17-6-8-21(28-3)20(24)12-17)27-14-18-7-5-16(2)11-22(18)30-19-9-10-29-15-19/h5-8,11-12,19H,4,9-10,13-15H2,1-3H3,(H2,25,26,27). The summed E-state index contributed by atoms with van der Waals surface area (Å²) >= 11 is 0. The van der Waals surface area contributed by atoms with E-state index in [2.05, 4.69) is 40.7 Å². The number of halogens is 1. The van der Waals surface area contributed by atoms with E-state index in [0.717, 1.165) is 42.0 Å². The van der Waals surface area contributed by atoms with Crippen molar-refractivity contribution in [3.63, 3.8) is 0 Å². The molecule has 2 aromatic rings. The van der Waals surface area contributed by atoms with Crippen LogP contribution in [-0.2, 0) is 17.8 Å². The molecular weight excluding hydrogens is 385 g/mol. The number of rotatable bonds is 8. The first-order valence-corrected chi connectivity index (χ1v) is 10.3. The monoisotopic (exact) mass is 415 g/mol. The van der Waals surface area contributed by atoms with Crippen LogP contribution >= 0.6 is 0 Å². The van der Waals surface area contributed by atoms with Crippen molar-refractivity contribution in [2.45, 2.75) is 39.5 Å². The summed E-state index contributed by atoms with van der Waals surface area (Å²) in [4.78, 5) is 4.57. The van der Waals surface area contributed by atoms with Gasteiger partial charge in [-0.15, -0.1) is 0 Å². The average Bonchev–Trinajstić information content (AvgIpc) is 3.24. The number of methoxy groups -OCH3 is 1. The van der Waals surface area contributed by atoms with Crippen molar-refractivity contribution >= 4 is 5.96 Å². The number of ether oxygens (including phenoxy) is 3. The van der Waals surface area contributed by atoms with Gasteiger partial charge in [0.15, 0.2) is 17.5 Å². The molecule has 0 spiro atoms. The third kappa shape index (κ3) is 6.10. The van der Waals surface area contributed by atoms with Crippen molar-refractivity contribution in [1.82, 2.24) is 10.6 Å². The lowest BCUT2D eigenvalue weighted by atomic mass is 10.1. The molecule has 0 saturated carbocycles. The zero-order chi connectivity index (χ0) is 21.3. The maximum absolute atomic E-state index is 13.9. The molecule has 1 aliphatic rings. The second-order valence-electron chi connectivity index (χ2n) is 7.23. The second kappa shape index (κ2) is 10.8. The highest BCUT2D eigenvalue weighted by Crippen LogP contribution is 2.24. The Bertz CT molecular complexity index is 867. The Balaban J connectivity index is 1.66. The van der Waals surface area contributed by atoms with Crippen LogP contribution in [0.3, 0.4) is 0 Å². The SMILES string of the molecule is CCNC(=NCc1ccc(OC)c(F)c1)NCc1ccc(C)cc1OC1CCOC1. The molecule has 1 aliphatic heterocycles. The second-order valence-corrected chi connectivity index (χ2v) is 7.23. The Morgan fingerprint density at radius 1 is 1.20 bits per heavy atom. The minimum atomic E-state index is -0.388. The first kappa shape index (κ1) is 21.9. The van der Waals surface area contributed by atoms with Crippen LogP contribution in [0.4, 0.5) is 4.39 Å². The molecule has 1 fully saturated rings. The van der Waals surface area contributed by atoms with Gasteiger partial charge in [0.05, 0.1) is 26.9 Å². The third-order valence-corrected chi connectivity index (χ3v) is 4.83. The Labute approximate surface area is 177 Å². The minimum absolute atomic E-state index is 0.0948. The van der Waals surface area contributed by atoms with E-state index in [1.807, 2.05) is 13.0 Å². The lowest BCUT2D eigenvalue weighted by Crippen LogP contribution is -2.37. The van der Waals surface area contributed by atoms with E-state index < -0.39 is 0 Å². The van der Waals surface area contributed by atoms with Crippen LogP contribution < -0.4 is 20.1 Å². The van der Waals surface area contributed by atoms with Crippen molar-refractivity contribution in [2.75, 3.05) is 26.9 Å². The molecule has 0 aliphatic carbocycles. The molecule has 2 aromatic carbocycles. The molecular formula is C23H30FN3O3. The zero-order valence-corrected chi connectivity index (χ0v) is 17.8. The number of aliphatic imine (C=N–C) groups is 1. The summed E-state index contributed by atoms with van der Waals surface area (Å²) in [6.45, 7) is 7.06. The quantitative estimate of drug-likeness (QED) is 0.510. The summed E-state index contributed by atoms with van der Waals surface area (Å²) < 4.78 is 30.5. The van der Waals surface area contributed by atoms with Crippen LogP contribution in [0, 0.1) is 12.7 Å². The van der Waals surface area contributed by atoms with Crippen LogP contribution in [0.25, 0.3) is 0 Å². The maximum atomic E-state index is 13.9. The molecule has 1 heterocycles. The Morgan fingerprint density at radius 2 is 2.07 bits per heavy atom. The van der Waals surface area contributed by atoms with Gasteiger partial charge in [-0.3, -0.25) is 0 Å². The van der Waals surface area contributed by atoms with E-state index in [9.17, 15) is 4.39 Å². The summed E-state index contributed by atoms with van der Waals surface area (Å²) in [5.41, 5.74) is 2.97. The molecule has 2 N–H and O–H groups in total. The number of nitrogens with one attached hydrogen (secondary N) is 2. The van der Waals surface area contributed by atoms with Crippen LogP contribution in [0.2, 0.25) is 0 Å². The molecule has 1 saturated heterocycles. The van der Waals surface area contributed by atoms with Gasteiger partial charge in [0.25, 0.3) is 0 Å². The first-order valence-electron chi connectivity index (χ1n) is 10.3. The minimum Gasteiger partial charge on any atom is -0.494 e. The van der Waals surface area contributed by atoms with Crippen molar-refractivity contribution < 1.29 is 18.6 Å². The van der Waals surface area contributed by atoms with Gasteiger partial charge in [0.1, 0.15) is 11.9 Å². The molecule has 3 rings (SSSR count). The van der Waals surface area contributed by atoms with E-state index >= 15 is 0 Å². The number of guanidine groups is 1. The smallest absolute Gasteiger partial charge is 0.191 e. The average molecular weight is 416 g/mol. The number of hydrogen-bond donors (Lipinski definition) is 2. The van der Waals surface area contributed by atoms with Crippen molar-refractivity contribution in [1.29, 1.82) is 0 Å². The van der Waals surface area contributed by atoms with Gasteiger partial charge >= 0.3 is 0 Å². The highest BCUT2D eigenvalue weighted by atomic mass is 19.1. The fourth-order valence-corrected chi connectivity index (χ4v) is 3.20. The predicted molar refractivity (Wildman–Crippen MR) is 116 cm³/mol. The number of aryl methyl sites for hydroxylation is 1. The van der Waals surface area contributed by atoms with E-state index in [4.69, 9.17) is 14.2 Å². The van der Waals surface area contributed by atoms with Crippen LogP contribution in [0.5, 0.6) is 11.5 Å². The summed E-state index contributed by atoms with van der Waals surface area (Å²) in [7, 11) is 1.45. The van der Waals surface area contributed by atoms with Gasteiger partial charge in [-0.1, -0.05) is 18.2 Å². The molecule has 0 amide bonds. The molecule has 30 heavy (non-hydrogen) atoms. The lowest BCUT2D eigenvalue weighted by Gasteiger charge is -2.18. The molecule has 1 atom stereocenters. The predicted octanol–water partition coefficient (Wildman–Crippen LogP) is 3.57. The van der Waals surface area contributed by atoms with Crippen LogP contribution in [0.15, 0.2) is 41.4 Å². The molecule has 7 heteroatoms. The number of hydrogen-bond acceptors (Lipinski definition) is 4. The molecule has 0 bridgehead atoms. The fraction of sp³-hybridized carbons (Fsp3) is 0.435. The van der Waals surface area contributed by atoms with Gasteiger partial charge in [-0.25, -0.2) is 9.38 Å². The largest absolute Gasteiger partial charge is 0.494 e. The molecule has 6 nitrogen and oxygen atoms in total. The molecule has 1 unspecified atom stereocenters. The molecule has 162 valence electrons. The van der Waals surface area contributed by atoms with E-state index in [1.54, 1.807) is 6.07 Å². The normalized spacial score (nSPS) is 16.4. The highest BCUT2D eigenvalue weighted by Gasteiger charge is 2.18. The van der Waals surface area contributed by atoms with Gasteiger partial charge in [0, 0.05) is 25.1 Å². The number of benzene rings is 2. The Morgan fingerprint density at radius 3 is 2.77 bits per heavy atom. The lowest BCUT2D eigenvalue weighted by molar-refractivity contribution is 0.140. The van der Waals surface area contributed by atoms with Gasteiger partial charge in [0.2, 0.25) is 0 Å². The fourth-order valence-electron chi connectivity index (χ4n) is 3.20. The Hall–Kier alpha value is -2.80. The van der Waals surface area contributed by atoms with Crippen molar-refractivity contribution in [3.8, 4) is 11.5 Å². The van der Waals surface area contributed by atoms with Gasteiger partial charge in [-0.05, 0) is 43.2 Å². The topological polar surface area (TPSA) is 64.1 Å². The molecule has 0 radical (unpaired) electrons. The summed E-state index contributed by atoms with van der Waals surface area (Å²) in [6, 6.07) is 11.1. The highest BCUT2D eigenvalue weighted by molar-refractivity contribution is 5.79. The van der Waals surface area contributed by atoms with Crippen LogP contribution in [0.1, 0.15) is 30.0 Å². The van der Waals surface area contributed by atoms with Crippen molar-refractivity contribution in [2.24, 2.45) is 4.99 Å².